The fourth-order valence-electron chi connectivity index (χ4n) is 3.35. The highest BCUT2D eigenvalue weighted by atomic mass is 32.1. The van der Waals surface area contributed by atoms with Crippen LogP contribution in [0.25, 0.3) is 0 Å². The molecule has 154 valence electrons. The molecule has 28 heavy (non-hydrogen) atoms. The van der Waals surface area contributed by atoms with Crippen LogP contribution in [-0.2, 0) is 12.8 Å². The van der Waals surface area contributed by atoms with Crippen molar-refractivity contribution in [3.63, 3.8) is 0 Å². The van der Waals surface area contributed by atoms with E-state index in [0.717, 1.165) is 86.9 Å². The molecular formula is C19H31N7OS. The fraction of sp³-hybridized carbons (Fsp3) is 0.684. The number of rotatable bonds is 7. The van der Waals surface area contributed by atoms with E-state index in [9.17, 15) is 0 Å². The third kappa shape index (κ3) is 5.01. The van der Waals surface area contributed by atoms with E-state index in [0.29, 0.717) is 0 Å². The van der Waals surface area contributed by atoms with Gasteiger partial charge in [-0.1, -0.05) is 12.1 Å². The lowest BCUT2D eigenvalue weighted by Gasteiger charge is -2.36. The molecule has 0 bridgehead atoms. The SMILES string of the molecule is CCNC(=NCCCc1c(C)noc1C)N1CCN(c2nc(CC)ns2)CC1. The monoisotopic (exact) mass is 405 g/mol. The van der Waals surface area contributed by atoms with Crippen LogP contribution in [0.4, 0.5) is 5.13 Å². The third-order valence-electron chi connectivity index (χ3n) is 4.99. The van der Waals surface area contributed by atoms with Gasteiger partial charge >= 0.3 is 0 Å². The first kappa shape index (κ1) is 20.6. The Bertz CT molecular complexity index is 758. The van der Waals surface area contributed by atoms with Crippen LogP contribution >= 0.6 is 11.5 Å². The molecule has 9 heteroatoms. The van der Waals surface area contributed by atoms with Crippen molar-refractivity contribution in [1.29, 1.82) is 0 Å². The summed E-state index contributed by atoms with van der Waals surface area (Å²) in [4.78, 5) is 14.1. The molecule has 0 saturated carbocycles. The predicted octanol–water partition coefficient (Wildman–Crippen LogP) is 2.43. The van der Waals surface area contributed by atoms with Crippen LogP contribution < -0.4 is 10.2 Å². The Hall–Kier alpha value is -2.16. The largest absolute Gasteiger partial charge is 0.361 e. The van der Waals surface area contributed by atoms with Gasteiger partial charge in [-0.3, -0.25) is 4.99 Å². The first-order chi connectivity index (χ1) is 13.6. The summed E-state index contributed by atoms with van der Waals surface area (Å²) in [5, 5.41) is 8.50. The second-order valence-corrected chi connectivity index (χ2v) is 7.69. The minimum Gasteiger partial charge on any atom is -0.361 e. The molecule has 1 N–H and O–H groups in total. The molecule has 1 aliphatic rings. The minimum atomic E-state index is 0.795. The molecule has 1 saturated heterocycles. The second-order valence-electron chi connectivity index (χ2n) is 6.96. The second kappa shape index (κ2) is 9.86. The molecular weight excluding hydrogens is 374 g/mol. The maximum atomic E-state index is 5.24. The number of piperazine rings is 1. The molecule has 0 aromatic carbocycles. The minimum absolute atomic E-state index is 0.795. The van der Waals surface area contributed by atoms with Crippen LogP contribution in [0.1, 0.15) is 43.1 Å². The highest BCUT2D eigenvalue weighted by molar-refractivity contribution is 7.09. The van der Waals surface area contributed by atoms with Crippen LogP contribution in [0.15, 0.2) is 9.52 Å². The van der Waals surface area contributed by atoms with Crippen LogP contribution in [0.5, 0.6) is 0 Å². The zero-order valence-electron chi connectivity index (χ0n) is 17.4. The van der Waals surface area contributed by atoms with Gasteiger partial charge in [-0.25, -0.2) is 4.98 Å². The van der Waals surface area contributed by atoms with E-state index in [1.54, 1.807) is 0 Å². The average molecular weight is 406 g/mol. The van der Waals surface area contributed by atoms with Crippen molar-refractivity contribution >= 4 is 22.6 Å². The van der Waals surface area contributed by atoms with Crippen molar-refractivity contribution in [2.45, 2.75) is 47.0 Å². The van der Waals surface area contributed by atoms with Crippen molar-refractivity contribution in [2.24, 2.45) is 4.99 Å². The highest BCUT2D eigenvalue weighted by Gasteiger charge is 2.22. The molecule has 3 rings (SSSR count). The third-order valence-corrected chi connectivity index (χ3v) is 5.80. The summed E-state index contributed by atoms with van der Waals surface area (Å²) < 4.78 is 9.65. The zero-order chi connectivity index (χ0) is 19.9. The molecule has 0 spiro atoms. The van der Waals surface area contributed by atoms with Gasteiger partial charge in [-0.15, -0.1) is 0 Å². The van der Waals surface area contributed by atoms with Gasteiger partial charge < -0.3 is 19.6 Å². The van der Waals surface area contributed by atoms with E-state index < -0.39 is 0 Å². The van der Waals surface area contributed by atoms with Gasteiger partial charge in [-0.2, -0.15) is 4.37 Å². The maximum Gasteiger partial charge on any atom is 0.205 e. The molecule has 0 radical (unpaired) electrons. The number of guanidine groups is 1. The quantitative estimate of drug-likeness (QED) is 0.430. The van der Waals surface area contributed by atoms with Gasteiger partial charge in [-0.05, 0) is 33.6 Å². The van der Waals surface area contributed by atoms with E-state index in [4.69, 9.17) is 9.52 Å². The number of nitrogens with one attached hydrogen (secondary N) is 1. The Morgan fingerprint density at radius 2 is 2.00 bits per heavy atom. The average Bonchev–Trinajstić information content (AvgIpc) is 3.32. The van der Waals surface area contributed by atoms with Gasteiger partial charge in [0, 0.05) is 62.8 Å². The lowest BCUT2D eigenvalue weighted by molar-refractivity contribution is 0.372. The van der Waals surface area contributed by atoms with Crippen molar-refractivity contribution in [2.75, 3.05) is 44.2 Å². The van der Waals surface area contributed by atoms with Gasteiger partial charge in [0.05, 0.1) is 5.69 Å². The van der Waals surface area contributed by atoms with Crippen LogP contribution in [0.2, 0.25) is 0 Å². The number of aromatic nitrogens is 3. The summed E-state index contributed by atoms with van der Waals surface area (Å²) in [5.74, 6) is 2.87. The number of nitrogens with zero attached hydrogens (tertiary/aromatic N) is 6. The topological polar surface area (TPSA) is 82.7 Å². The Morgan fingerprint density at radius 3 is 2.61 bits per heavy atom. The summed E-state index contributed by atoms with van der Waals surface area (Å²) in [7, 11) is 0. The zero-order valence-corrected chi connectivity index (χ0v) is 18.2. The van der Waals surface area contributed by atoms with Crippen LogP contribution in [0, 0.1) is 13.8 Å². The molecule has 1 fully saturated rings. The summed E-state index contributed by atoms with van der Waals surface area (Å²) in [6, 6.07) is 0. The van der Waals surface area contributed by atoms with Crippen molar-refractivity contribution in [3.8, 4) is 0 Å². The molecule has 2 aromatic rings. The number of anilines is 1. The number of hydrogen-bond donors (Lipinski definition) is 1. The Labute approximate surface area is 171 Å². The molecule has 8 nitrogen and oxygen atoms in total. The van der Waals surface area contributed by atoms with E-state index in [1.807, 2.05) is 13.8 Å². The van der Waals surface area contributed by atoms with Crippen molar-refractivity contribution in [1.82, 2.24) is 24.7 Å². The van der Waals surface area contributed by atoms with E-state index in [-0.39, 0.29) is 0 Å². The standard InChI is InChI=1S/C19H31N7OS/c1-5-17-22-19(28-24-17)26-12-10-25(11-13-26)18(20-6-2)21-9-7-8-16-14(3)23-27-15(16)4/h5-13H2,1-4H3,(H,20,21). The number of aryl methyl sites for hydroxylation is 3. The molecule has 2 aromatic heterocycles. The van der Waals surface area contributed by atoms with E-state index in [2.05, 4.69) is 43.5 Å². The highest BCUT2D eigenvalue weighted by Crippen LogP contribution is 2.19. The maximum absolute atomic E-state index is 5.24. The number of hydrogen-bond acceptors (Lipinski definition) is 7. The molecule has 0 unspecified atom stereocenters. The summed E-state index contributed by atoms with van der Waals surface area (Å²) in [6.45, 7) is 13.6. The van der Waals surface area contributed by atoms with Gasteiger partial charge in [0.2, 0.25) is 5.13 Å². The normalized spacial score (nSPS) is 15.4. The molecule has 3 heterocycles. The van der Waals surface area contributed by atoms with Gasteiger partial charge in [0.15, 0.2) is 5.96 Å². The Balaban J connectivity index is 1.51. The smallest absolute Gasteiger partial charge is 0.205 e. The van der Waals surface area contributed by atoms with Crippen molar-refractivity contribution in [3.05, 3.63) is 22.8 Å². The van der Waals surface area contributed by atoms with E-state index in [1.165, 1.54) is 17.1 Å². The molecule has 0 aliphatic carbocycles. The lowest BCUT2D eigenvalue weighted by Crippen LogP contribution is -2.52. The first-order valence-electron chi connectivity index (χ1n) is 10.1. The lowest BCUT2D eigenvalue weighted by atomic mass is 10.1. The summed E-state index contributed by atoms with van der Waals surface area (Å²) >= 11 is 1.51. The molecule has 0 amide bonds. The van der Waals surface area contributed by atoms with E-state index >= 15 is 0 Å². The fourth-order valence-corrected chi connectivity index (χ4v) is 4.15. The summed E-state index contributed by atoms with van der Waals surface area (Å²) in [6.07, 6.45) is 2.83. The molecule has 0 atom stereocenters. The number of aliphatic imine (C=N–C) groups is 1. The Morgan fingerprint density at radius 1 is 1.21 bits per heavy atom. The molecule has 1 aliphatic heterocycles. The van der Waals surface area contributed by atoms with Gasteiger partial charge in [0.25, 0.3) is 0 Å². The van der Waals surface area contributed by atoms with Crippen LogP contribution in [0.3, 0.4) is 0 Å². The van der Waals surface area contributed by atoms with Crippen LogP contribution in [-0.4, -0.2) is 64.6 Å². The predicted molar refractivity (Wildman–Crippen MR) is 113 cm³/mol. The van der Waals surface area contributed by atoms with Crippen molar-refractivity contribution < 1.29 is 4.52 Å². The summed E-state index contributed by atoms with van der Waals surface area (Å²) in [5.41, 5.74) is 2.21. The first-order valence-corrected chi connectivity index (χ1v) is 10.9. The van der Waals surface area contributed by atoms with Gasteiger partial charge in [0.1, 0.15) is 11.6 Å². The Kier molecular flexibility index (Phi) is 7.24.